The molecule has 88 valence electrons. The SMILES string of the molecule is Cc1cc[c-]c2c1-c1ccccc1C2.[Cl-].[Cl-].[Hf]. The van der Waals surface area contributed by atoms with Crippen molar-refractivity contribution in [3.8, 4) is 11.1 Å². The molecule has 2 aromatic carbocycles. The molecule has 0 saturated heterocycles. The van der Waals surface area contributed by atoms with Crippen molar-refractivity contribution in [2.75, 3.05) is 0 Å². The maximum atomic E-state index is 3.34. The van der Waals surface area contributed by atoms with Gasteiger partial charge in [0, 0.05) is 25.8 Å². The summed E-state index contributed by atoms with van der Waals surface area (Å²) in [6.45, 7) is 2.18. The topological polar surface area (TPSA) is 0 Å². The minimum Gasteiger partial charge on any atom is -1.00 e. The molecule has 0 saturated carbocycles. The third kappa shape index (κ3) is 2.83. The van der Waals surface area contributed by atoms with Crippen LogP contribution in [0.2, 0.25) is 0 Å². The van der Waals surface area contributed by atoms with Crippen molar-refractivity contribution in [3.05, 3.63) is 59.2 Å². The largest absolute Gasteiger partial charge is 1.00 e. The molecular weight excluding hydrogens is 418 g/mol. The van der Waals surface area contributed by atoms with Crippen molar-refractivity contribution in [3.63, 3.8) is 0 Å². The first kappa shape index (κ1) is 16.9. The standard InChI is InChI=1S/C14H11.2ClH.Hf/c1-10-5-4-7-12-9-11-6-2-3-8-13(11)14(10)12;;;/h2-6,8H,9H2,1H3;2*1H;/q-1;;;/p-2. The van der Waals surface area contributed by atoms with Gasteiger partial charge in [0.25, 0.3) is 0 Å². The molecule has 0 nitrogen and oxygen atoms in total. The Kier molecular flexibility index (Phi) is 6.68. The van der Waals surface area contributed by atoms with Gasteiger partial charge in [-0.15, -0.1) is 11.1 Å². The molecule has 0 fully saturated rings. The van der Waals surface area contributed by atoms with Crippen LogP contribution in [0.5, 0.6) is 0 Å². The minimum atomic E-state index is 0. The smallest absolute Gasteiger partial charge is 0 e. The van der Waals surface area contributed by atoms with Crippen LogP contribution in [0.3, 0.4) is 0 Å². The first-order valence-electron chi connectivity index (χ1n) is 4.95. The molecule has 0 atom stereocenters. The summed E-state index contributed by atoms with van der Waals surface area (Å²) in [6.07, 6.45) is 1.05. The predicted molar refractivity (Wildman–Crippen MR) is 58.3 cm³/mol. The van der Waals surface area contributed by atoms with Crippen LogP contribution in [0.25, 0.3) is 11.1 Å². The van der Waals surface area contributed by atoms with Gasteiger partial charge < -0.3 is 24.8 Å². The Labute approximate surface area is 133 Å². The van der Waals surface area contributed by atoms with Crippen molar-refractivity contribution < 1.29 is 50.7 Å². The Morgan fingerprint density at radius 2 is 1.76 bits per heavy atom. The zero-order valence-electron chi connectivity index (χ0n) is 9.43. The number of halogens is 2. The van der Waals surface area contributed by atoms with Gasteiger partial charge in [-0.1, -0.05) is 42.3 Å². The fourth-order valence-electron chi connectivity index (χ4n) is 2.28. The Morgan fingerprint density at radius 3 is 2.53 bits per heavy atom. The second-order valence-corrected chi connectivity index (χ2v) is 3.85. The first-order valence-corrected chi connectivity index (χ1v) is 4.95. The summed E-state index contributed by atoms with van der Waals surface area (Å²) in [5.41, 5.74) is 6.96. The summed E-state index contributed by atoms with van der Waals surface area (Å²) < 4.78 is 0. The molecule has 0 N–H and O–H groups in total. The van der Waals surface area contributed by atoms with Crippen molar-refractivity contribution in [2.45, 2.75) is 13.3 Å². The molecule has 0 amide bonds. The third-order valence-electron chi connectivity index (χ3n) is 2.94. The average Bonchev–Trinajstić information content (AvgIpc) is 2.57. The Balaban J connectivity index is 0.000000853. The van der Waals surface area contributed by atoms with E-state index in [1.54, 1.807) is 0 Å². The first-order chi connectivity index (χ1) is 6.86. The summed E-state index contributed by atoms with van der Waals surface area (Å²) in [4.78, 5) is 0. The van der Waals surface area contributed by atoms with Gasteiger partial charge in [-0.2, -0.15) is 23.8 Å². The van der Waals surface area contributed by atoms with E-state index in [4.69, 9.17) is 0 Å². The van der Waals surface area contributed by atoms with Crippen molar-refractivity contribution in [2.24, 2.45) is 0 Å². The van der Waals surface area contributed by atoms with E-state index in [0.29, 0.717) is 0 Å². The van der Waals surface area contributed by atoms with E-state index in [-0.39, 0.29) is 50.7 Å². The van der Waals surface area contributed by atoms with Crippen LogP contribution in [-0.2, 0) is 32.3 Å². The van der Waals surface area contributed by atoms with Crippen molar-refractivity contribution in [1.29, 1.82) is 0 Å². The molecule has 3 rings (SSSR count). The molecule has 1 aliphatic carbocycles. The Hall–Kier alpha value is -0.110. The Bertz CT molecular complexity index is 509. The van der Waals surface area contributed by atoms with E-state index in [1.807, 2.05) is 6.07 Å². The molecule has 17 heavy (non-hydrogen) atoms. The summed E-state index contributed by atoms with van der Waals surface area (Å²) in [5, 5.41) is 0. The van der Waals surface area contributed by atoms with E-state index < -0.39 is 0 Å². The van der Waals surface area contributed by atoms with E-state index in [0.717, 1.165) is 6.42 Å². The van der Waals surface area contributed by atoms with E-state index in [1.165, 1.54) is 27.8 Å². The quantitative estimate of drug-likeness (QED) is 0.272. The van der Waals surface area contributed by atoms with Crippen LogP contribution in [-0.4, -0.2) is 0 Å². The van der Waals surface area contributed by atoms with E-state index in [9.17, 15) is 0 Å². The number of aryl methyl sites for hydroxylation is 1. The predicted octanol–water partition coefficient (Wildman–Crippen LogP) is -2.63. The molecule has 0 spiro atoms. The summed E-state index contributed by atoms with van der Waals surface area (Å²) >= 11 is 0. The number of fused-ring (bicyclic) bond motifs is 3. The average molecular weight is 429 g/mol. The van der Waals surface area contributed by atoms with Gasteiger partial charge in [-0.25, -0.2) is 0 Å². The van der Waals surface area contributed by atoms with Crippen molar-refractivity contribution >= 4 is 0 Å². The molecule has 1 aliphatic rings. The van der Waals surface area contributed by atoms with E-state index in [2.05, 4.69) is 43.3 Å². The van der Waals surface area contributed by atoms with Crippen LogP contribution in [0.1, 0.15) is 16.7 Å². The summed E-state index contributed by atoms with van der Waals surface area (Å²) in [5.74, 6) is 0. The van der Waals surface area contributed by atoms with Gasteiger partial charge in [-0.3, -0.25) is 0 Å². The van der Waals surface area contributed by atoms with Crippen LogP contribution < -0.4 is 24.8 Å². The molecule has 2 aromatic rings. The van der Waals surface area contributed by atoms with Gasteiger partial charge in [0.15, 0.2) is 0 Å². The minimum absolute atomic E-state index is 0. The second-order valence-electron chi connectivity index (χ2n) is 3.85. The maximum absolute atomic E-state index is 3.34. The molecule has 0 aliphatic heterocycles. The molecule has 0 unspecified atom stereocenters. The summed E-state index contributed by atoms with van der Waals surface area (Å²) in [7, 11) is 0. The summed E-state index contributed by atoms with van der Waals surface area (Å²) in [6, 6.07) is 16.1. The Morgan fingerprint density at radius 1 is 1.06 bits per heavy atom. The number of hydrogen-bond acceptors (Lipinski definition) is 0. The van der Waals surface area contributed by atoms with Crippen LogP contribution in [0.15, 0.2) is 36.4 Å². The molecule has 0 radical (unpaired) electrons. The van der Waals surface area contributed by atoms with Crippen LogP contribution in [0.4, 0.5) is 0 Å². The number of benzene rings is 2. The molecule has 0 heterocycles. The van der Waals surface area contributed by atoms with Gasteiger partial charge in [-0.05, 0) is 6.42 Å². The molecular formula is C14H11Cl2Hf-3. The van der Waals surface area contributed by atoms with Gasteiger partial charge in [0.05, 0.1) is 0 Å². The second kappa shape index (κ2) is 6.72. The van der Waals surface area contributed by atoms with Crippen molar-refractivity contribution in [1.82, 2.24) is 0 Å². The third-order valence-corrected chi connectivity index (χ3v) is 2.94. The monoisotopic (exact) mass is 429 g/mol. The van der Waals surface area contributed by atoms with Gasteiger partial charge >= 0.3 is 0 Å². The van der Waals surface area contributed by atoms with Gasteiger partial charge in [0.1, 0.15) is 0 Å². The molecule has 0 aromatic heterocycles. The molecule has 0 bridgehead atoms. The van der Waals surface area contributed by atoms with Crippen LogP contribution in [0, 0.1) is 13.0 Å². The van der Waals surface area contributed by atoms with E-state index >= 15 is 0 Å². The zero-order valence-corrected chi connectivity index (χ0v) is 14.5. The number of rotatable bonds is 0. The van der Waals surface area contributed by atoms with Crippen LogP contribution >= 0.6 is 0 Å². The molecule has 3 heteroatoms. The zero-order chi connectivity index (χ0) is 9.54. The number of hydrogen-bond donors (Lipinski definition) is 0. The maximum Gasteiger partial charge on any atom is 0 e. The fourth-order valence-corrected chi connectivity index (χ4v) is 2.28. The normalized spacial score (nSPS) is 10.2. The van der Waals surface area contributed by atoms with Gasteiger partial charge in [0.2, 0.25) is 0 Å². The fraction of sp³-hybridized carbons (Fsp3) is 0.143.